The van der Waals surface area contributed by atoms with Crippen LogP contribution in [0.2, 0.25) is 0 Å². The van der Waals surface area contributed by atoms with Crippen molar-refractivity contribution in [1.29, 1.82) is 0 Å². The van der Waals surface area contributed by atoms with Gasteiger partial charge >= 0.3 is 12.4 Å². The standard InChI is InChI=1S/C24H19F8N3O2/c25-15-9-14(24(30,31)32)16(26)8-13(15)20(10-1-2-10)34-21(36)19-6-11-5-18(11)35(19)22(37)17-7-12(3-4-33-17)23(27,28)29/h3-4,7-11,18-20H,1-2,5-6H2,(H,34,36)/t11-,18-,19-,20-/m1/s1. The van der Waals surface area contributed by atoms with Crippen molar-refractivity contribution in [3.63, 3.8) is 0 Å². The summed E-state index contributed by atoms with van der Waals surface area (Å²) in [7, 11) is 0. The number of benzene rings is 1. The molecule has 0 radical (unpaired) electrons. The van der Waals surface area contributed by atoms with Crippen LogP contribution in [0.4, 0.5) is 35.1 Å². The summed E-state index contributed by atoms with van der Waals surface area (Å²) in [6.07, 6.45) is -7.18. The van der Waals surface area contributed by atoms with Gasteiger partial charge in [0.1, 0.15) is 23.4 Å². The zero-order valence-electron chi connectivity index (χ0n) is 18.8. The van der Waals surface area contributed by atoms with Crippen molar-refractivity contribution in [3.05, 3.63) is 64.5 Å². The highest BCUT2D eigenvalue weighted by Crippen LogP contribution is 2.49. The number of piperidine rings is 1. The Kier molecular flexibility index (Phi) is 5.94. The summed E-state index contributed by atoms with van der Waals surface area (Å²) in [5, 5.41) is 2.56. The van der Waals surface area contributed by atoms with Gasteiger partial charge in [0, 0.05) is 17.8 Å². The molecule has 2 saturated carbocycles. The largest absolute Gasteiger partial charge is 0.419 e. The normalized spacial score (nSPS) is 24.0. The van der Waals surface area contributed by atoms with Crippen LogP contribution >= 0.6 is 0 Å². The summed E-state index contributed by atoms with van der Waals surface area (Å²) in [5.41, 5.74) is -3.78. The number of fused-ring (bicyclic) bond motifs is 1. The molecule has 1 aromatic heterocycles. The summed E-state index contributed by atoms with van der Waals surface area (Å²) >= 11 is 0. The first-order valence-corrected chi connectivity index (χ1v) is 11.5. The molecule has 37 heavy (non-hydrogen) atoms. The molecule has 1 saturated heterocycles. The number of halogens is 8. The Morgan fingerprint density at radius 3 is 2.30 bits per heavy atom. The summed E-state index contributed by atoms with van der Waals surface area (Å²) in [6.45, 7) is 0. The summed E-state index contributed by atoms with van der Waals surface area (Å²) in [5.74, 6) is -5.03. The molecule has 1 aliphatic heterocycles. The summed E-state index contributed by atoms with van der Waals surface area (Å²) in [6, 6.07) is -0.835. The van der Waals surface area contributed by atoms with Gasteiger partial charge in [-0.05, 0) is 61.8 Å². The minimum absolute atomic E-state index is 0.0477. The van der Waals surface area contributed by atoms with E-state index in [1.807, 2.05) is 0 Å². The lowest BCUT2D eigenvalue weighted by Crippen LogP contribution is -2.49. The van der Waals surface area contributed by atoms with Crippen molar-refractivity contribution in [3.8, 4) is 0 Å². The third-order valence-electron chi connectivity index (χ3n) is 7.07. The van der Waals surface area contributed by atoms with Gasteiger partial charge in [0.15, 0.2) is 0 Å². The molecule has 198 valence electrons. The molecule has 3 aliphatic rings. The number of rotatable bonds is 5. The highest BCUT2D eigenvalue weighted by Gasteiger charge is 2.57. The Hall–Kier alpha value is -3.25. The van der Waals surface area contributed by atoms with Gasteiger partial charge in [0.25, 0.3) is 5.91 Å². The molecule has 0 bridgehead atoms. The third-order valence-corrected chi connectivity index (χ3v) is 7.07. The molecule has 1 N–H and O–H groups in total. The second-order valence-corrected chi connectivity index (χ2v) is 9.63. The highest BCUT2D eigenvalue weighted by molar-refractivity contribution is 5.97. The van der Waals surface area contributed by atoms with Gasteiger partial charge in [-0.1, -0.05) is 0 Å². The molecule has 5 nitrogen and oxygen atoms in total. The van der Waals surface area contributed by atoms with Crippen molar-refractivity contribution in [2.75, 3.05) is 0 Å². The van der Waals surface area contributed by atoms with E-state index >= 15 is 0 Å². The number of likely N-dealkylation sites (tertiary alicyclic amines) is 1. The van der Waals surface area contributed by atoms with Gasteiger partial charge in [0.05, 0.1) is 17.2 Å². The predicted octanol–water partition coefficient (Wildman–Crippen LogP) is 5.27. The Balaban J connectivity index is 1.39. The molecule has 2 amide bonds. The quantitative estimate of drug-likeness (QED) is 0.533. The number of hydrogen-bond donors (Lipinski definition) is 1. The molecule has 4 atom stereocenters. The van der Waals surface area contributed by atoms with Crippen LogP contribution < -0.4 is 5.32 Å². The second-order valence-electron chi connectivity index (χ2n) is 9.63. The summed E-state index contributed by atoms with van der Waals surface area (Å²) < 4.78 is 107. The maximum absolute atomic E-state index is 14.7. The number of pyridine rings is 1. The van der Waals surface area contributed by atoms with Crippen LogP contribution in [0.3, 0.4) is 0 Å². The van der Waals surface area contributed by atoms with Crippen molar-refractivity contribution in [1.82, 2.24) is 15.2 Å². The molecule has 13 heteroatoms. The molecule has 0 unspecified atom stereocenters. The lowest BCUT2D eigenvalue weighted by atomic mass is 9.98. The minimum Gasteiger partial charge on any atom is -0.347 e. The summed E-state index contributed by atoms with van der Waals surface area (Å²) in [4.78, 5) is 31.2. The smallest absolute Gasteiger partial charge is 0.347 e. The molecule has 3 fully saturated rings. The first kappa shape index (κ1) is 25.4. The Labute approximate surface area is 204 Å². The van der Waals surface area contributed by atoms with E-state index in [1.54, 1.807) is 0 Å². The SMILES string of the molecule is O=C(N[C@@H](c1cc(F)c(C(F)(F)F)cc1F)C1CC1)[C@H]1C[C@H]2C[C@H]2N1C(=O)c1cc(C(F)(F)F)ccn1. The monoisotopic (exact) mass is 533 g/mol. The number of alkyl halides is 6. The van der Waals surface area contributed by atoms with Crippen LogP contribution in [-0.2, 0) is 17.1 Å². The Morgan fingerprint density at radius 2 is 1.68 bits per heavy atom. The van der Waals surface area contributed by atoms with E-state index in [2.05, 4.69) is 10.3 Å². The van der Waals surface area contributed by atoms with Gasteiger partial charge in [0.2, 0.25) is 5.91 Å². The zero-order valence-corrected chi connectivity index (χ0v) is 18.8. The van der Waals surface area contributed by atoms with Crippen LogP contribution in [-0.4, -0.2) is 33.8 Å². The molecule has 5 rings (SSSR count). The van der Waals surface area contributed by atoms with Crippen molar-refractivity contribution in [2.45, 2.75) is 56.2 Å². The first-order chi connectivity index (χ1) is 17.3. The average Bonchev–Trinajstić information content (AvgIpc) is 3.75. The van der Waals surface area contributed by atoms with Gasteiger partial charge in [-0.25, -0.2) is 8.78 Å². The third kappa shape index (κ3) is 4.87. The van der Waals surface area contributed by atoms with Crippen LogP contribution in [0.25, 0.3) is 0 Å². The fraction of sp³-hybridized carbons (Fsp3) is 0.458. The fourth-order valence-corrected chi connectivity index (χ4v) is 4.99. The maximum atomic E-state index is 14.7. The maximum Gasteiger partial charge on any atom is 0.419 e. The minimum atomic E-state index is -5.11. The molecule has 2 aliphatic carbocycles. The molecule has 2 aromatic rings. The van der Waals surface area contributed by atoms with E-state index in [1.165, 1.54) is 0 Å². The van der Waals surface area contributed by atoms with Gasteiger partial charge < -0.3 is 10.2 Å². The molecule has 1 aromatic carbocycles. The van der Waals surface area contributed by atoms with Crippen molar-refractivity contribution < 1.29 is 44.7 Å². The number of amides is 2. The number of nitrogens with one attached hydrogen (secondary N) is 1. The highest BCUT2D eigenvalue weighted by atomic mass is 19.4. The van der Waals surface area contributed by atoms with Crippen LogP contribution in [0.15, 0.2) is 30.5 Å². The van der Waals surface area contributed by atoms with E-state index < -0.39 is 70.3 Å². The van der Waals surface area contributed by atoms with Gasteiger partial charge in [-0.15, -0.1) is 0 Å². The van der Waals surface area contributed by atoms with E-state index in [9.17, 15) is 44.7 Å². The second kappa shape index (κ2) is 8.66. The predicted molar refractivity (Wildman–Crippen MR) is 111 cm³/mol. The van der Waals surface area contributed by atoms with E-state index in [0.717, 1.165) is 11.1 Å². The zero-order chi connectivity index (χ0) is 26.9. The van der Waals surface area contributed by atoms with Crippen LogP contribution in [0, 0.1) is 23.5 Å². The number of carbonyl (C=O) groups is 2. The topological polar surface area (TPSA) is 62.3 Å². The fourth-order valence-electron chi connectivity index (χ4n) is 4.99. The molecular formula is C24H19F8N3O2. The lowest BCUT2D eigenvalue weighted by Gasteiger charge is -2.29. The van der Waals surface area contributed by atoms with E-state index in [0.29, 0.717) is 37.5 Å². The molecule has 2 heterocycles. The first-order valence-electron chi connectivity index (χ1n) is 11.5. The molecule has 0 spiro atoms. The van der Waals surface area contributed by atoms with E-state index in [4.69, 9.17) is 0 Å². The number of nitrogens with zero attached hydrogens (tertiary/aromatic N) is 2. The van der Waals surface area contributed by atoms with E-state index in [-0.39, 0.29) is 30.4 Å². The molecular weight excluding hydrogens is 514 g/mol. The van der Waals surface area contributed by atoms with Crippen molar-refractivity contribution >= 4 is 11.8 Å². The number of aromatic nitrogens is 1. The number of carbonyl (C=O) groups excluding carboxylic acids is 2. The van der Waals surface area contributed by atoms with Crippen molar-refractivity contribution in [2.24, 2.45) is 11.8 Å². The van der Waals surface area contributed by atoms with Gasteiger partial charge in [-0.2, -0.15) is 26.3 Å². The number of hydrogen-bond acceptors (Lipinski definition) is 3. The van der Waals surface area contributed by atoms with Gasteiger partial charge in [-0.3, -0.25) is 14.6 Å². The average molecular weight is 533 g/mol. The Bertz CT molecular complexity index is 1260. The van der Waals surface area contributed by atoms with Crippen LogP contribution in [0.5, 0.6) is 0 Å². The van der Waals surface area contributed by atoms with Crippen LogP contribution in [0.1, 0.15) is 58.9 Å². The lowest BCUT2D eigenvalue weighted by molar-refractivity contribution is -0.140. The Morgan fingerprint density at radius 1 is 0.973 bits per heavy atom.